The molecule has 5 rings (SSSR count). The molecule has 6 nitrogen and oxygen atoms in total. The molecule has 2 atom stereocenters. The van der Waals surface area contributed by atoms with Crippen molar-refractivity contribution in [3.05, 3.63) is 101 Å². The molecule has 0 spiro atoms. The lowest BCUT2D eigenvalue weighted by Crippen LogP contribution is -2.29. The number of furan rings is 1. The average molecular weight is 503 g/mol. The van der Waals surface area contributed by atoms with Crippen LogP contribution in [0.5, 0.6) is 0 Å². The van der Waals surface area contributed by atoms with E-state index >= 15 is 0 Å². The lowest BCUT2D eigenvalue weighted by molar-refractivity contribution is -0.114. The Labute approximate surface area is 213 Å². The minimum atomic E-state index is -0.279. The Kier molecular flexibility index (Phi) is 6.28. The summed E-state index contributed by atoms with van der Waals surface area (Å²) in [5, 5.41) is 7.48. The number of aryl methyl sites for hydroxylation is 1. The van der Waals surface area contributed by atoms with Crippen molar-refractivity contribution in [1.82, 2.24) is 10.3 Å². The van der Waals surface area contributed by atoms with Gasteiger partial charge in [0.2, 0.25) is 5.91 Å². The van der Waals surface area contributed by atoms with E-state index in [1.165, 1.54) is 6.92 Å². The van der Waals surface area contributed by atoms with Crippen LogP contribution in [0.3, 0.4) is 0 Å². The summed E-state index contributed by atoms with van der Waals surface area (Å²) < 4.78 is 6.39. The minimum Gasteiger partial charge on any atom is -0.459 e. The number of thiocarbonyl (C=S) groups is 1. The van der Waals surface area contributed by atoms with Crippen molar-refractivity contribution in [3.63, 3.8) is 0 Å². The summed E-state index contributed by atoms with van der Waals surface area (Å²) in [6, 6.07) is 22.7. The highest BCUT2D eigenvalue weighted by molar-refractivity contribution is 7.80. The molecule has 1 fully saturated rings. The van der Waals surface area contributed by atoms with Crippen molar-refractivity contribution in [2.45, 2.75) is 25.9 Å². The van der Waals surface area contributed by atoms with Gasteiger partial charge in [-0.3, -0.25) is 9.78 Å². The van der Waals surface area contributed by atoms with E-state index in [-0.39, 0.29) is 18.0 Å². The maximum absolute atomic E-state index is 11.4. The summed E-state index contributed by atoms with van der Waals surface area (Å²) in [6.07, 6.45) is 1.77. The smallest absolute Gasteiger partial charge is 0.221 e. The van der Waals surface area contributed by atoms with Gasteiger partial charge in [-0.05, 0) is 79.3 Å². The van der Waals surface area contributed by atoms with Gasteiger partial charge in [0.05, 0.1) is 11.7 Å². The highest BCUT2D eigenvalue weighted by Crippen LogP contribution is 2.43. The van der Waals surface area contributed by atoms with Gasteiger partial charge in [0.25, 0.3) is 0 Å². The van der Waals surface area contributed by atoms with E-state index in [1.54, 1.807) is 6.20 Å². The normalized spacial score (nSPS) is 17.3. The summed E-state index contributed by atoms with van der Waals surface area (Å²) in [4.78, 5) is 18.0. The largest absolute Gasteiger partial charge is 0.459 e. The van der Waals surface area contributed by atoms with Gasteiger partial charge < -0.3 is 20.0 Å². The van der Waals surface area contributed by atoms with Crippen molar-refractivity contribution in [2.24, 2.45) is 0 Å². The molecule has 4 aromatic rings. The fraction of sp³-hybridized carbons (Fsp3) is 0.148. The highest BCUT2D eigenvalue weighted by Gasteiger charge is 2.42. The molecule has 1 saturated heterocycles. The van der Waals surface area contributed by atoms with E-state index in [9.17, 15) is 4.79 Å². The van der Waals surface area contributed by atoms with E-state index in [2.05, 4.69) is 15.6 Å². The van der Waals surface area contributed by atoms with Gasteiger partial charge in [0.15, 0.2) is 5.11 Å². The van der Waals surface area contributed by atoms with Gasteiger partial charge in [-0.2, -0.15) is 0 Å². The lowest BCUT2D eigenvalue weighted by Gasteiger charge is -2.26. The number of amides is 1. The van der Waals surface area contributed by atoms with Gasteiger partial charge >= 0.3 is 0 Å². The third-order valence-electron chi connectivity index (χ3n) is 5.94. The van der Waals surface area contributed by atoms with Crippen molar-refractivity contribution >= 4 is 46.2 Å². The number of halogens is 1. The van der Waals surface area contributed by atoms with Crippen molar-refractivity contribution in [2.75, 3.05) is 10.2 Å². The molecular formula is C27H23ClN4O2S. The van der Waals surface area contributed by atoms with Crippen LogP contribution in [0.25, 0.3) is 11.3 Å². The number of aromatic nitrogens is 1. The monoisotopic (exact) mass is 502 g/mol. The van der Waals surface area contributed by atoms with E-state index < -0.39 is 0 Å². The molecule has 2 aromatic heterocycles. The first-order valence-electron chi connectivity index (χ1n) is 11.2. The molecule has 0 bridgehead atoms. The molecule has 8 heteroatoms. The zero-order chi connectivity index (χ0) is 24.5. The Morgan fingerprint density at radius 2 is 1.91 bits per heavy atom. The van der Waals surface area contributed by atoms with Gasteiger partial charge in [0.1, 0.15) is 17.6 Å². The van der Waals surface area contributed by atoms with Crippen LogP contribution >= 0.6 is 23.8 Å². The van der Waals surface area contributed by atoms with Crippen molar-refractivity contribution in [1.29, 1.82) is 0 Å². The van der Waals surface area contributed by atoms with Crippen LogP contribution in [0.15, 0.2) is 83.4 Å². The number of carbonyl (C=O) groups is 1. The maximum atomic E-state index is 11.4. The molecule has 1 aliphatic rings. The maximum Gasteiger partial charge on any atom is 0.221 e. The second-order valence-electron chi connectivity index (χ2n) is 8.39. The zero-order valence-corrected chi connectivity index (χ0v) is 20.7. The van der Waals surface area contributed by atoms with Crippen LogP contribution in [-0.4, -0.2) is 16.0 Å². The van der Waals surface area contributed by atoms with Crippen LogP contribution in [0, 0.1) is 6.92 Å². The van der Waals surface area contributed by atoms with Crippen LogP contribution in [-0.2, 0) is 4.79 Å². The van der Waals surface area contributed by atoms with E-state index in [1.807, 2.05) is 84.6 Å². The predicted octanol–water partition coefficient (Wildman–Crippen LogP) is 6.44. The van der Waals surface area contributed by atoms with Crippen molar-refractivity contribution < 1.29 is 9.21 Å². The quantitative estimate of drug-likeness (QED) is 0.306. The average Bonchev–Trinajstić information content (AvgIpc) is 3.46. The number of pyridine rings is 1. The third kappa shape index (κ3) is 4.65. The summed E-state index contributed by atoms with van der Waals surface area (Å²) in [6.45, 7) is 3.45. The summed E-state index contributed by atoms with van der Waals surface area (Å²) in [5.41, 5.74) is 4.36. The number of nitrogens with one attached hydrogen (secondary N) is 2. The first-order valence-corrected chi connectivity index (χ1v) is 11.9. The van der Waals surface area contributed by atoms with Gasteiger partial charge in [-0.15, -0.1) is 0 Å². The fourth-order valence-electron chi connectivity index (χ4n) is 4.24. The van der Waals surface area contributed by atoms with E-state index in [0.29, 0.717) is 15.8 Å². The summed E-state index contributed by atoms with van der Waals surface area (Å²) in [5.74, 6) is 1.34. The minimum absolute atomic E-state index is 0.122. The summed E-state index contributed by atoms with van der Waals surface area (Å²) >= 11 is 12.1. The Bertz CT molecular complexity index is 1390. The first-order chi connectivity index (χ1) is 16.9. The number of benzene rings is 2. The zero-order valence-electron chi connectivity index (χ0n) is 19.2. The first kappa shape index (κ1) is 23.1. The van der Waals surface area contributed by atoms with Crippen LogP contribution in [0.1, 0.15) is 36.0 Å². The highest BCUT2D eigenvalue weighted by atomic mass is 35.5. The van der Waals surface area contributed by atoms with Gasteiger partial charge in [-0.25, -0.2) is 0 Å². The third-order valence-corrected chi connectivity index (χ3v) is 6.66. The number of carbonyl (C=O) groups excluding carboxylic acids is 1. The molecule has 1 amide bonds. The Morgan fingerprint density at radius 1 is 1.11 bits per heavy atom. The molecular weight excluding hydrogens is 480 g/mol. The molecule has 2 aromatic carbocycles. The number of hydrogen-bond acceptors (Lipinski definition) is 4. The van der Waals surface area contributed by atoms with Crippen molar-refractivity contribution in [3.8, 4) is 11.3 Å². The number of hydrogen-bond donors (Lipinski definition) is 2. The number of rotatable bonds is 5. The molecule has 0 unspecified atom stereocenters. The molecule has 176 valence electrons. The predicted molar refractivity (Wildman–Crippen MR) is 143 cm³/mol. The fourth-order valence-corrected chi connectivity index (χ4v) is 4.77. The summed E-state index contributed by atoms with van der Waals surface area (Å²) in [7, 11) is 0. The molecule has 0 saturated carbocycles. The Balaban J connectivity index is 1.55. The molecule has 35 heavy (non-hydrogen) atoms. The molecule has 1 aliphatic heterocycles. The Hall–Kier alpha value is -3.68. The van der Waals surface area contributed by atoms with Crippen LogP contribution in [0.2, 0.25) is 5.02 Å². The molecule has 2 N–H and O–H groups in total. The van der Waals surface area contributed by atoms with Crippen LogP contribution < -0.4 is 15.5 Å². The molecule has 3 heterocycles. The van der Waals surface area contributed by atoms with Gasteiger partial charge in [-0.1, -0.05) is 29.8 Å². The number of anilines is 2. The number of nitrogens with zero attached hydrogens (tertiary/aromatic N) is 2. The SMILES string of the molecule is CC(=O)Nc1ccc(N2C(=S)N[C@H](c3ccccn3)[C@H]2c2ccc(-c3ccc(C)c(Cl)c3)o2)cc1. The van der Waals surface area contributed by atoms with Crippen LogP contribution in [0.4, 0.5) is 11.4 Å². The molecule has 0 aliphatic carbocycles. The second kappa shape index (κ2) is 9.52. The molecule has 0 radical (unpaired) electrons. The van der Waals surface area contributed by atoms with E-state index in [4.69, 9.17) is 28.2 Å². The second-order valence-corrected chi connectivity index (χ2v) is 9.18. The standard InChI is InChI=1S/C27H23ClN4O2S/c1-16-6-7-18(15-21(16)28)23-12-13-24(34-23)26-25(22-5-3-4-14-29-22)31-27(35)32(26)20-10-8-19(9-11-20)30-17(2)33/h3-15,25-26H,1-2H3,(H,30,33)(H,31,35)/t25-,26-/m1/s1. The van der Waals surface area contributed by atoms with E-state index in [0.717, 1.165) is 34.0 Å². The Morgan fingerprint density at radius 3 is 2.60 bits per heavy atom. The lowest BCUT2D eigenvalue weighted by atomic mass is 10.0. The van der Waals surface area contributed by atoms with Gasteiger partial charge in [0, 0.05) is 35.1 Å². The topological polar surface area (TPSA) is 70.4 Å².